The highest BCUT2D eigenvalue weighted by Gasteiger charge is 2.49. The Kier molecular flexibility index (Phi) is 5.78. The molecule has 5 rings (SSSR count). The van der Waals surface area contributed by atoms with Crippen molar-refractivity contribution in [2.45, 2.75) is 18.9 Å². The normalized spacial score (nSPS) is 17.8. The molecule has 166 valence electrons. The summed E-state index contributed by atoms with van der Waals surface area (Å²) in [6, 6.07) is 26.1. The van der Waals surface area contributed by atoms with Crippen LogP contribution in [-0.4, -0.2) is 12.5 Å². The van der Waals surface area contributed by atoms with Gasteiger partial charge >= 0.3 is 0 Å². The van der Waals surface area contributed by atoms with Gasteiger partial charge in [-0.1, -0.05) is 42.5 Å². The summed E-state index contributed by atoms with van der Waals surface area (Å²) < 4.78 is 32.3. The third-order valence-corrected chi connectivity index (χ3v) is 6.20. The molecule has 0 radical (unpaired) electrons. The molecule has 33 heavy (non-hydrogen) atoms. The highest BCUT2D eigenvalue weighted by Crippen LogP contribution is 2.49. The SMILES string of the molecule is O=C1[C@H](CCCOc2ccc(F)cc2)[C@@H](c2ccc3cccccc2-3)N1c1ccc(F)cc1. The van der Waals surface area contributed by atoms with Crippen molar-refractivity contribution in [3.63, 3.8) is 0 Å². The Hall–Kier alpha value is -3.73. The van der Waals surface area contributed by atoms with E-state index in [9.17, 15) is 13.6 Å². The number of rotatable bonds is 7. The molecule has 2 atom stereocenters. The highest BCUT2D eigenvalue weighted by atomic mass is 19.1. The van der Waals surface area contributed by atoms with Crippen LogP contribution in [0.1, 0.15) is 24.4 Å². The van der Waals surface area contributed by atoms with E-state index < -0.39 is 0 Å². The van der Waals surface area contributed by atoms with E-state index >= 15 is 0 Å². The quantitative estimate of drug-likeness (QED) is 0.237. The largest absolute Gasteiger partial charge is 0.494 e. The van der Waals surface area contributed by atoms with E-state index in [-0.39, 0.29) is 29.5 Å². The maximum atomic E-state index is 13.5. The van der Waals surface area contributed by atoms with Crippen LogP contribution in [0.4, 0.5) is 14.5 Å². The molecule has 1 saturated heterocycles. The Morgan fingerprint density at radius 1 is 0.788 bits per heavy atom. The Labute approximate surface area is 191 Å². The number of β-lactam (4-membered cyclic amide) rings is 1. The van der Waals surface area contributed by atoms with Crippen LogP contribution in [-0.2, 0) is 4.79 Å². The Morgan fingerprint density at radius 2 is 1.48 bits per heavy atom. The van der Waals surface area contributed by atoms with E-state index in [2.05, 4.69) is 24.3 Å². The average molecular weight is 443 g/mol. The number of hydrogen-bond donors (Lipinski definition) is 0. The fourth-order valence-corrected chi connectivity index (χ4v) is 4.60. The molecule has 5 heteroatoms. The number of halogens is 2. The van der Waals surface area contributed by atoms with Crippen molar-refractivity contribution < 1.29 is 18.3 Å². The van der Waals surface area contributed by atoms with Gasteiger partial charge in [-0.05, 0) is 78.1 Å². The minimum Gasteiger partial charge on any atom is -0.494 e. The van der Waals surface area contributed by atoms with Crippen LogP contribution in [0.25, 0.3) is 11.1 Å². The topological polar surface area (TPSA) is 29.5 Å². The molecule has 3 nitrogen and oxygen atoms in total. The van der Waals surface area contributed by atoms with Crippen LogP contribution in [0.3, 0.4) is 0 Å². The second-order valence-electron chi connectivity index (χ2n) is 8.25. The highest BCUT2D eigenvalue weighted by molar-refractivity contribution is 6.04. The molecule has 0 saturated carbocycles. The van der Waals surface area contributed by atoms with Gasteiger partial charge in [-0.25, -0.2) is 8.78 Å². The average Bonchev–Trinajstić information content (AvgIpc) is 3.05. The molecule has 3 aliphatic rings. The minimum atomic E-state index is -0.330. The first kappa shape index (κ1) is 21.1. The molecule has 0 N–H and O–H groups in total. The second-order valence-corrected chi connectivity index (χ2v) is 8.25. The van der Waals surface area contributed by atoms with Crippen LogP contribution < -0.4 is 9.64 Å². The lowest BCUT2D eigenvalue weighted by Crippen LogP contribution is -2.55. The maximum absolute atomic E-state index is 13.5. The fraction of sp³-hybridized carbons (Fsp3) is 0.179. The molecule has 1 aliphatic heterocycles. The van der Waals surface area contributed by atoms with E-state index in [0.717, 1.165) is 16.7 Å². The second kappa shape index (κ2) is 9.02. The lowest BCUT2D eigenvalue weighted by molar-refractivity contribution is -0.130. The Morgan fingerprint density at radius 3 is 2.24 bits per heavy atom. The molecule has 0 unspecified atom stereocenters. The summed E-state index contributed by atoms with van der Waals surface area (Å²) in [5, 5.41) is 0. The lowest BCUT2D eigenvalue weighted by Gasteiger charge is -2.48. The van der Waals surface area contributed by atoms with E-state index in [1.54, 1.807) is 29.2 Å². The molecular formula is C28H23F2NO2. The summed E-state index contributed by atoms with van der Waals surface area (Å²) >= 11 is 0. The van der Waals surface area contributed by atoms with E-state index in [0.29, 0.717) is 30.9 Å². The zero-order chi connectivity index (χ0) is 22.8. The number of carbonyl (C=O) groups excluding carboxylic acids is 1. The smallest absolute Gasteiger partial charge is 0.233 e. The standard InChI is InChI=1S/C28H23F2NO2/c29-20-9-13-22(14-10-20)31-27(25-17-8-19-5-2-1-3-6-24(19)25)26(28(31)32)7-4-18-33-23-15-11-21(30)12-16-23/h1-3,5-6,8-17,26-27H,4,7,18H2/t26-,27-/m1/s1. The summed E-state index contributed by atoms with van der Waals surface area (Å²) in [4.78, 5) is 15.0. The van der Waals surface area contributed by atoms with Gasteiger partial charge in [-0.15, -0.1) is 0 Å². The van der Waals surface area contributed by atoms with Crippen molar-refractivity contribution in [1.29, 1.82) is 0 Å². The van der Waals surface area contributed by atoms with Crippen LogP contribution in [0.15, 0.2) is 91.0 Å². The monoisotopic (exact) mass is 443 g/mol. The molecule has 1 amide bonds. The molecule has 0 spiro atoms. The fourth-order valence-electron chi connectivity index (χ4n) is 4.60. The number of benzene rings is 2. The summed E-state index contributed by atoms with van der Waals surface area (Å²) in [5.74, 6) is -0.189. The first-order valence-electron chi connectivity index (χ1n) is 11.1. The number of ether oxygens (including phenoxy) is 1. The van der Waals surface area contributed by atoms with E-state index in [1.165, 1.54) is 24.3 Å². The van der Waals surface area contributed by atoms with Crippen LogP contribution in [0.5, 0.6) is 5.75 Å². The van der Waals surface area contributed by atoms with Crippen molar-refractivity contribution in [1.82, 2.24) is 0 Å². The zero-order valence-electron chi connectivity index (χ0n) is 18.0. The van der Waals surface area contributed by atoms with Gasteiger partial charge in [0.05, 0.1) is 18.6 Å². The number of fused-ring (bicyclic) bond motifs is 1. The third-order valence-electron chi connectivity index (χ3n) is 6.20. The van der Waals surface area contributed by atoms with Gasteiger partial charge in [0, 0.05) is 5.69 Å². The van der Waals surface area contributed by atoms with Crippen molar-refractivity contribution >= 4 is 11.6 Å². The Bertz CT molecular complexity index is 1220. The molecule has 2 aliphatic carbocycles. The molecule has 1 heterocycles. The van der Waals surface area contributed by atoms with Gasteiger partial charge in [0.15, 0.2) is 0 Å². The predicted molar refractivity (Wildman–Crippen MR) is 124 cm³/mol. The zero-order valence-corrected chi connectivity index (χ0v) is 18.0. The minimum absolute atomic E-state index is 0.0306. The predicted octanol–water partition coefficient (Wildman–Crippen LogP) is 6.63. The molecular weight excluding hydrogens is 420 g/mol. The van der Waals surface area contributed by atoms with E-state index in [1.807, 2.05) is 18.2 Å². The maximum Gasteiger partial charge on any atom is 0.233 e. The first-order valence-corrected chi connectivity index (χ1v) is 11.1. The first-order chi connectivity index (χ1) is 16.1. The van der Waals surface area contributed by atoms with Crippen molar-refractivity contribution in [3.8, 4) is 16.9 Å². The van der Waals surface area contributed by atoms with Crippen molar-refractivity contribution in [3.05, 3.63) is 108 Å². The van der Waals surface area contributed by atoms with Crippen LogP contribution in [0, 0.1) is 17.6 Å². The molecule has 1 fully saturated rings. The van der Waals surface area contributed by atoms with Crippen molar-refractivity contribution in [2.24, 2.45) is 5.92 Å². The number of anilines is 1. The lowest BCUT2D eigenvalue weighted by atomic mass is 9.78. The number of nitrogens with zero attached hydrogens (tertiary/aromatic N) is 1. The summed E-state index contributed by atoms with van der Waals surface area (Å²) in [7, 11) is 0. The van der Waals surface area contributed by atoms with Gasteiger partial charge in [0.2, 0.25) is 5.91 Å². The molecule has 2 aromatic carbocycles. The number of hydrogen-bond acceptors (Lipinski definition) is 2. The van der Waals surface area contributed by atoms with Crippen LogP contribution >= 0.6 is 0 Å². The number of carbonyl (C=O) groups is 1. The third kappa shape index (κ3) is 4.19. The van der Waals surface area contributed by atoms with Crippen molar-refractivity contribution in [2.75, 3.05) is 11.5 Å². The summed E-state index contributed by atoms with van der Waals surface area (Å²) in [6.07, 6.45) is 1.35. The van der Waals surface area contributed by atoms with Gasteiger partial charge in [0.25, 0.3) is 0 Å². The van der Waals surface area contributed by atoms with Gasteiger partial charge in [0.1, 0.15) is 17.4 Å². The number of amides is 1. The molecule has 2 aromatic rings. The van der Waals surface area contributed by atoms with Crippen LogP contribution in [0.2, 0.25) is 0 Å². The summed E-state index contributed by atoms with van der Waals surface area (Å²) in [6.45, 7) is 0.440. The summed E-state index contributed by atoms with van der Waals surface area (Å²) in [5.41, 5.74) is 4.01. The van der Waals surface area contributed by atoms with Gasteiger partial charge in [-0.2, -0.15) is 0 Å². The van der Waals surface area contributed by atoms with E-state index in [4.69, 9.17) is 4.74 Å². The van der Waals surface area contributed by atoms with Gasteiger partial charge in [-0.3, -0.25) is 4.79 Å². The van der Waals surface area contributed by atoms with Gasteiger partial charge < -0.3 is 9.64 Å². The molecule has 0 bridgehead atoms. The Balaban J connectivity index is 1.36. The molecule has 0 aromatic heterocycles.